The minimum atomic E-state index is -0.171. The predicted molar refractivity (Wildman–Crippen MR) is 72.1 cm³/mol. The van der Waals surface area contributed by atoms with Crippen molar-refractivity contribution in [3.05, 3.63) is 29.3 Å². The molecule has 5 nitrogen and oxygen atoms in total. The summed E-state index contributed by atoms with van der Waals surface area (Å²) in [7, 11) is 0. The smallest absolute Gasteiger partial charge is 0.257 e. The number of nitrogens with zero attached hydrogens (tertiary/aromatic N) is 1. The monoisotopic (exact) mass is 264 g/mol. The molecular weight excluding hydrogens is 244 g/mol. The van der Waals surface area contributed by atoms with Crippen molar-refractivity contribution in [2.75, 3.05) is 19.6 Å². The first-order valence-electron chi connectivity index (χ1n) is 6.46. The van der Waals surface area contributed by atoms with Crippen LogP contribution in [0.2, 0.25) is 0 Å². The van der Waals surface area contributed by atoms with Crippen molar-refractivity contribution in [3.63, 3.8) is 0 Å². The molecule has 0 aliphatic carbocycles. The van der Waals surface area contributed by atoms with Gasteiger partial charge in [0.15, 0.2) is 0 Å². The summed E-state index contributed by atoms with van der Waals surface area (Å²) in [5.41, 5.74) is 6.64. The Labute approximate surface area is 113 Å². The first kappa shape index (κ1) is 13.8. The number of aryl methyl sites for hydroxylation is 1. The Bertz CT molecular complexity index is 476. The zero-order valence-corrected chi connectivity index (χ0v) is 11.3. The number of phenols is 1. The zero-order valence-electron chi connectivity index (χ0n) is 11.3. The largest absolute Gasteiger partial charge is 0.507 e. The van der Waals surface area contributed by atoms with Gasteiger partial charge in [-0.05, 0) is 25.5 Å². The molecule has 2 atom stereocenters. The Kier molecular flexibility index (Phi) is 4.07. The number of nitrogens with two attached hydrogens (primary N) is 1. The maximum absolute atomic E-state index is 12.4. The van der Waals surface area contributed by atoms with Crippen molar-refractivity contribution < 1.29 is 14.6 Å². The lowest BCUT2D eigenvalue weighted by Crippen LogP contribution is -2.51. The zero-order chi connectivity index (χ0) is 14.0. The quantitative estimate of drug-likeness (QED) is 0.831. The molecule has 1 aliphatic heterocycles. The van der Waals surface area contributed by atoms with Crippen molar-refractivity contribution in [2.24, 2.45) is 5.73 Å². The third kappa shape index (κ3) is 2.88. The number of carbonyl (C=O) groups is 1. The first-order chi connectivity index (χ1) is 9.02. The summed E-state index contributed by atoms with van der Waals surface area (Å²) in [5.74, 6) is -0.120. The molecule has 1 aromatic carbocycles. The van der Waals surface area contributed by atoms with Crippen LogP contribution >= 0.6 is 0 Å². The second-order valence-electron chi connectivity index (χ2n) is 4.99. The molecule has 0 saturated carbocycles. The fraction of sp³-hybridized carbons (Fsp3) is 0.500. The first-order valence-corrected chi connectivity index (χ1v) is 6.46. The van der Waals surface area contributed by atoms with Crippen molar-refractivity contribution in [1.29, 1.82) is 0 Å². The Morgan fingerprint density at radius 1 is 1.53 bits per heavy atom. The number of phenolic OH excluding ortho intramolecular Hbond substituents is 1. The molecule has 1 aromatic rings. The van der Waals surface area contributed by atoms with Gasteiger partial charge in [0.2, 0.25) is 0 Å². The van der Waals surface area contributed by atoms with E-state index in [4.69, 9.17) is 10.5 Å². The van der Waals surface area contributed by atoms with Crippen molar-refractivity contribution in [2.45, 2.75) is 26.1 Å². The van der Waals surface area contributed by atoms with Crippen LogP contribution in [0.1, 0.15) is 22.8 Å². The van der Waals surface area contributed by atoms with Gasteiger partial charge >= 0.3 is 0 Å². The number of hydrogen-bond acceptors (Lipinski definition) is 4. The highest BCUT2D eigenvalue weighted by molar-refractivity contribution is 5.97. The summed E-state index contributed by atoms with van der Waals surface area (Å²) >= 11 is 0. The maximum Gasteiger partial charge on any atom is 0.257 e. The highest BCUT2D eigenvalue weighted by atomic mass is 16.5. The average molecular weight is 264 g/mol. The molecule has 0 radical (unpaired) electrons. The maximum atomic E-state index is 12.4. The number of benzene rings is 1. The van der Waals surface area contributed by atoms with Crippen LogP contribution in [0.3, 0.4) is 0 Å². The second-order valence-corrected chi connectivity index (χ2v) is 4.99. The Balaban J connectivity index is 2.21. The van der Waals surface area contributed by atoms with Gasteiger partial charge in [-0.1, -0.05) is 12.1 Å². The molecule has 2 unspecified atom stereocenters. The van der Waals surface area contributed by atoms with E-state index in [2.05, 4.69) is 0 Å². The lowest BCUT2D eigenvalue weighted by molar-refractivity contribution is -0.0626. The molecule has 1 fully saturated rings. The van der Waals surface area contributed by atoms with Crippen molar-refractivity contribution >= 4 is 5.91 Å². The average Bonchev–Trinajstić information content (AvgIpc) is 2.40. The van der Waals surface area contributed by atoms with Gasteiger partial charge < -0.3 is 20.5 Å². The van der Waals surface area contributed by atoms with Crippen molar-refractivity contribution in [3.8, 4) is 5.75 Å². The number of carbonyl (C=O) groups excluding carboxylic acids is 1. The van der Waals surface area contributed by atoms with E-state index < -0.39 is 0 Å². The highest BCUT2D eigenvalue weighted by Crippen LogP contribution is 2.24. The fourth-order valence-corrected chi connectivity index (χ4v) is 2.34. The summed E-state index contributed by atoms with van der Waals surface area (Å²) < 4.78 is 5.62. The van der Waals surface area contributed by atoms with E-state index in [-0.39, 0.29) is 23.9 Å². The second kappa shape index (κ2) is 5.59. The van der Waals surface area contributed by atoms with Gasteiger partial charge in [-0.2, -0.15) is 0 Å². The van der Waals surface area contributed by atoms with E-state index in [1.54, 1.807) is 30.0 Å². The summed E-state index contributed by atoms with van der Waals surface area (Å²) in [6.07, 6.45) is -0.183. The predicted octanol–water partition coefficient (Wildman–Crippen LogP) is 0.889. The number of aromatic hydroxyl groups is 1. The van der Waals surface area contributed by atoms with Crippen LogP contribution < -0.4 is 5.73 Å². The minimum absolute atomic E-state index is 0.0433. The third-order valence-corrected chi connectivity index (χ3v) is 3.34. The van der Waals surface area contributed by atoms with Crippen molar-refractivity contribution in [1.82, 2.24) is 4.90 Å². The van der Waals surface area contributed by atoms with Crippen LogP contribution in [0.15, 0.2) is 18.2 Å². The van der Waals surface area contributed by atoms with Gasteiger partial charge in [-0.25, -0.2) is 0 Å². The van der Waals surface area contributed by atoms with E-state index in [9.17, 15) is 9.90 Å². The number of rotatable bonds is 2. The molecular formula is C14H20N2O3. The van der Waals surface area contributed by atoms with Gasteiger partial charge in [-0.15, -0.1) is 0 Å². The molecule has 1 amide bonds. The molecule has 1 heterocycles. The summed E-state index contributed by atoms with van der Waals surface area (Å²) in [6, 6.07) is 5.19. The van der Waals surface area contributed by atoms with Crippen LogP contribution in [-0.2, 0) is 4.74 Å². The Morgan fingerprint density at radius 3 is 2.95 bits per heavy atom. The van der Waals surface area contributed by atoms with E-state index in [0.717, 1.165) is 0 Å². The molecule has 1 saturated heterocycles. The molecule has 2 rings (SSSR count). The molecule has 104 valence electrons. The van der Waals surface area contributed by atoms with Crippen LogP contribution in [0.25, 0.3) is 0 Å². The molecule has 0 aromatic heterocycles. The van der Waals surface area contributed by atoms with E-state index in [1.165, 1.54) is 0 Å². The number of para-hydroxylation sites is 1. The molecule has 0 spiro atoms. The van der Waals surface area contributed by atoms with Gasteiger partial charge in [0.1, 0.15) is 5.75 Å². The number of hydrogen-bond donors (Lipinski definition) is 2. The van der Waals surface area contributed by atoms with Gasteiger partial charge in [0.25, 0.3) is 5.91 Å². The summed E-state index contributed by atoms with van der Waals surface area (Å²) in [5, 5.41) is 9.98. The van der Waals surface area contributed by atoms with Crippen LogP contribution in [0, 0.1) is 6.92 Å². The highest BCUT2D eigenvalue weighted by Gasteiger charge is 2.29. The topological polar surface area (TPSA) is 75.8 Å². The van der Waals surface area contributed by atoms with E-state index in [1.807, 2.05) is 6.92 Å². The normalized spacial score (nSPS) is 23.4. The number of amides is 1. The SMILES string of the molecule is Cc1cccc(C(=O)N2CC(C)OC(CN)C2)c1O. The molecule has 3 N–H and O–H groups in total. The van der Waals surface area contributed by atoms with Crippen LogP contribution in [0.5, 0.6) is 5.75 Å². The van der Waals surface area contributed by atoms with Gasteiger partial charge in [0.05, 0.1) is 17.8 Å². The standard InChI is InChI=1S/C14H20N2O3/c1-9-4-3-5-12(13(9)17)14(18)16-7-10(2)19-11(6-15)8-16/h3-5,10-11,17H,6-8,15H2,1-2H3. The Hall–Kier alpha value is -1.59. The third-order valence-electron chi connectivity index (χ3n) is 3.34. The molecule has 19 heavy (non-hydrogen) atoms. The molecule has 0 bridgehead atoms. The van der Waals surface area contributed by atoms with E-state index >= 15 is 0 Å². The van der Waals surface area contributed by atoms with Gasteiger partial charge in [-0.3, -0.25) is 4.79 Å². The van der Waals surface area contributed by atoms with Crippen LogP contribution in [-0.4, -0.2) is 47.8 Å². The van der Waals surface area contributed by atoms with Crippen LogP contribution in [0.4, 0.5) is 0 Å². The lowest BCUT2D eigenvalue weighted by atomic mass is 10.1. The summed E-state index contributed by atoms with van der Waals surface area (Å²) in [4.78, 5) is 14.1. The van der Waals surface area contributed by atoms with E-state index in [0.29, 0.717) is 30.8 Å². The number of morpholine rings is 1. The summed E-state index contributed by atoms with van der Waals surface area (Å²) in [6.45, 7) is 5.05. The fourth-order valence-electron chi connectivity index (χ4n) is 2.34. The Morgan fingerprint density at radius 2 is 2.26 bits per heavy atom. The van der Waals surface area contributed by atoms with Gasteiger partial charge in [0, 0.05) is 19.6 Å². The lowest BCUT2D eigenvalue weighted by Gasteiger charge is -2.36. The molecule has 1 aliphatic rings. The minimum Gasteiger partial charge on any atom is -0.507 e. The molecule has 5 heteroatoms. The number of ether oxygens (including phenoxy) is 1.